The molecule has 2 aromatic carbocycles. The molecule has 1 aromatic heterocycles. The predicted octanol–water partition coefficient (Wildman–Crippen LogP) is 4.20. The second-order valence-corrected chi connectivity index (χ2v) is 7.52. The summed E-state index contributed by atoms with van der Waals surface area (Å²) in [6.45, 7) is 2.60. The number of aryl methyl sites for hydroxylation is 1. The van der Waals surface area contributed by atoms with Crippen LogP contribution in [0.15, 0.2) is 59.4 Å². The van der Waals surface area contributed by atoms with Gasteiger partial charge in [0.05, 0.1) is 5.52 Å². The Morgan fingerprint density at radius 2 is 1.89 bits per heavy atom. The van der Waals surface area contributed by atoms with Crippen molar-refractivity contribution in [3.05, 3.63) is 76.1 Å². The second-order valence-electron chi connectivity index (χ2n) is 7.52. The smallest absolute Gasteiger partial charge is 0.250 e. The van der Waals surface area contributed by atoms with Crippen LogP contribution in [0.25, 0.3) is 10.9 Å². The Balaban J connectivity index is 1.51. The van der Waals surface area contributed by atoms with Crippen LogP contribution in [-0.4, -0.2) is 10.4 Å². The second kappa shape index (κ2) is 7.03. The van der Waals surface area contributed by atoms with Crippen molar-refractivity contribution < 1.29 is 9.53 Å². The minimum Gasteiger partial charge on any atom is -0.489 e. The third-order valence-corrected chi connectivity index (χ3v) is 5.57. The normalized spacial score (nSPS) is 19.6. The first kappa shape index (κ1) is 17.5. The Hall–Kier alpha value is -2.88. The summed E-state index contributed by atoms with van der Waals surface area (Å²) in [6, 6.07) is 17.5. The summed E-state index contributed by atoms with van der Waals surface area (Å²) >= 11 is 0. The van der Waals surface area contributed by atoms with Crippen LogP contribution in [0, 0.1) is 5.92 Å². The quantitative estimate of drug-likeness (QED) is 0.700. The highest BCUT2D eigenvalue weighted by Gasteiger charge is 2.30. The van der Waals surface area contributed by atoms with Gasteiger partial charge in [-0.05, 0) is 58.7 Å². The Kier molecular flexibility index (Phi) is 4.56. The zero-order chi connectivity index (χ0) is 19.0. The fourth-order valence-electron chi connectivity index (χ4n) is 4.00. The topological polar surface area (TPSA) is 48.3 Å². The van der Waals surface area contributed by atoms with Crippen LogP contribution < -0.4 is 10.3 Å². The van der Waals surface area contributed by atoms with E-state index >= 15 is 0 Å². The highest BCUT2D eigenvalue weighted by atomic mass is 16.5. The van der Waals surface area contributed by atoms with E-state index in [0.29, 0.717) is 37.1 Å². The molecule has 0 amide bonds. The summed E-state index contributed by atoms with van der Waals surface area (Å²) < 4.78 is 7.65. The Bertz CT molecular complexity index is 1070. The number of carbonyl (C=O) groups is 1. The maximum Gasteiger partial charge on any atom is 0.250 e. The molecule has 4 heteroatoms. The van der Waals surface area contributed by atoms with Crippen LogP contribution >= 0.6 is 0 Å². The maximum atomic E-state index is 11.7. The molecule has 2 atom stereocenters. The van der Waals surface area contributed by atoms with Crippen LogP contribution in [0.5, 0.6) is 5.75 Å². The first-order valence-corrected chi connectivity index (χ1v) is 9.34. The lowest BCUT2D eigenvalue weighted by Gasteiger charge is -2.16. The molecule has 0 spiro atoms. The molecular formula is C23H23NO3. The van der Waals surface area contributed by atoms with Gasteiger partial charge in [-0.3, -0.25) is 9.59 Å². The average molecular weight is 361 g/mol. The van der Waals surface area contributed by atoms with E-state index in [0.717, 1.165) is 22.2 Å². The molecular weight excluding hydrogens is 338 g/mol. The number of ether oxygens (including phenoxy) is 1. The number of carbonyl (C=O) groups excluding carboxylic acids is 1. The van der Waals surface area contributed by atoms with Crippen LogP contribution in [0.4, 0.5) is 0 Å². The van der Waals surface area contributed by atoms with Gasteiger partial charge in [0.15, 0.2) is 0 Å². The molecule has 0 N–H and O–H groups in total. The number of benzene rings is 2. The lowest BCUT2D eigenvalue weighted by Crippen LogP contribution is -2.15. The number of hydrogen-bond acceptors (Lipinski definition) is 3. The van der Waals surface area contributed by atoms with Crippen molar-refractivity contribution in [2.45, 2.75) is 32.3 Å². The molecule has 0 bridgehead atoms. The van der Waals surface area contributed by atoms with E-state index in [1.807, 2.05) is 30.3 Å². The zero-order valence-corrected chi connectivity index (χ0v) is 15.6. The Morgan fingerprint density at radius 1 is 1.04 bits per heavy atom. The highest BCUT2D eigenvalue weighted by Crippen LogP contribution is 2.38. The number of rotatable bonds is 4. The lowest BCUT2D eigenvalue weighted by molar-refractivity contribution is -0.117. The van der Waals surface area contributed by atoms with Gasteiger partial charge in [0, 0.05) is 26.0 Å². The summed E-state index contributed by atoms with van der Waals surface area (Å²) in [6.07, 6.45) is 1.31. The van der Waals surface area contributed by atoms with E-state index < -0.39 is 0 Å². The van der Waals surface area contributed by atoms with Gasteiger partial charge in [-0.1, -0.05) is 25.1 Å². The van der Waals surface area contributed by atoms with Gasteiger partial charge < -0.3 is 9.30 Å². The lowest BCUT2D eigenvalue weighted by atomic mass is 9.90. The molecule has 4 nitrogen and oxygen atoms in total. The average Bonchev–Trinajstić information content (AvgIpc) is 3.01. The van der Waals surface area contributed by atoms with Gasteiger partial charge in [0.1, 0.15) is 18.1 Å². The van der Waals surface area contributed by atoms with E-state index in [9.17, 15) is 9.59 Å². The van der Waals surface area contributed by atoms with E-state index in [1.165, 1.54) is 5.56 Å². The zero-order valence-electron chi connectivity index (χ0n) is 15.6. The highest BCUT2D eigenvalue weighted by molar-refractivity contribution is 5.82. The van der Waals surface area contributed by atoms with Gasteiger partial charge in [0.25, 0.3) is 5.56 Å². The van der Waals surface area contributed by atoms with Gasteiger partial charge in [0.2, 0.25) is 0 Å². The third-order valence-electron chi connectivity index (χ3n) is 5.57. The molecule has 1 aliphatic carbocycles. The van der Waals surface area contributed by atoms with E-state index in [-0.39, 0.29) is 5.56 Å². The molecule has 138 valence electrons. The largest absolute Gasteiger partial charge is 0.489 e. The molecule has 0 saturated heterocycles. The van der Waals surface area contributed by atoms with E-state index in [4.69, 9.17) is 4.74 Å². The number of aromatic nitrogens is 1. The number of pyridine rings is 1. The fraction of sp³-hybridized carbons (Fsp3) is 0.304. The number of nitrogens with zero attached hydrogens (tertiary/aromatic N) is 1. The van der Waals surface area contributed by atoms with Crippen LogP contribution in [0.2, 0.25) is 0 Å². The molecule has 1 heterocycles. The number of fused-ring (bicyclic) bond motifs is 1. The van der Waals surface area contributed by atoms with Gasteiger partial charge >= 0.3 is 0 Å². The summed E-state index contributed by atoms with van der Waals surface area (Å²) in [5, 5.41) is 1.02. The van der Waals surface area contributed by atoms with Crippen molar-refractivity contribution in [3.8, 4) is 5.75 Å². The molecule has 1 saturated carbocycles. The van der Waals surface area contributed by atoms with Crippen molar-refractivity contribution in [2.24, 2.45) is 13.0 Å². The molecule has 1 aliphatic rings. The first-order valence-electron chi connectivity index (χ1n) is 9.34. The SMILES string of the molecule is CC1CC(=O)CC1c1cccc(OCc2ccc3c(ccc(=O)n3C)c2)c1. The molecule has 2 unspecified atom stereocenters. The molecule has 4 rings (SSSR count). The van der Waals surface area contributed by atoms with Crippen LogP contribution in [0.3, 0.4) is 0 Å². The predicted molar refractivity (Wildman–Crippen MR) is 106 cm³/mol. The van der Waals surface area contributed by atoms with Gasteiger partial charge in [-0.25, -0.2) is 0 Å². The van der Waals surface area contributed by atoms with E-state index in [2.05, 4.69) is 25.1 Å². The number of Topliss-reactive ketones (excluding diaryl/α,β-unsaturated/α-hetero) is 1. The number of ketones is 1. The Morgan fingerprint density at radius 3 is 2.67 bits per heavy atom. The third kappa shape index (κ3) is 3.52. The first-order chi connectivity index (χ1) is 13.0. The molecule has 1 fully saturated rings. The maximum absolute atomic E-state index is 11.7. The Labute approximate surface area is 158 Å². The van der Waals surface area contributed by atoms with Crippen molar-refractivity contribution >= 4 is 16.7 Å². The molecule has 27 heavy (non-hydrogen) atoms. The van der Waals surface area contributed by atoms with Crippen molar-refractivity contribution in [1.82, 2.24) is 4.57 Å². The minimum atomic E-state index is -0.0112. The van der Waals surface area contributed by atoms with Crippen molar-refractivity contribution in [2.75, 3.05) is 0 Å². The summed E-state index contributed by atoms with van der Waals surface area (Å²) in [5.74, 6) is 1.85. The van der Waals surface area contributed by atoms with E-state index in [1.54, 1.807) is 17.7 Å². The number of hydrogen-bond donors (Lipinski definition) is 0. The van der Waals surface area contributed by atoms with Crippen molar-refractivity contribution in [1.29, 1.82) is 0 Å². The van der Waals surface area contributed by atoms with Gasteiger partial charge in [-0.15, -0.1) is 0 Å². The summed E-state index contributed by atoms with van der Waals surface area (Å²) in [4.78, 5) is 23.5. The van der Waals surface area contributed by atoms with Gasteiger partial charge in [-0.2, -0.15) is 0 Å². The molecule has 0 radical (unpaired) electrons. The molecule has 3 aromatic rings. The summed E-state index contributed by atoms with van der Waals surface area (Å²) in [7, 11) is 1.78. The monoisotopic (exact) mass is 361 g/mol. The fourth-order valence-corrected chi connectivity index (χ4v) is 4.00. The van der Waals surface area contributed by atoms with Crippen LogP contribution in [-0.2, 0) is 18.4 Å². The van der Waals surface area contributed by atoms with Crippen molar-refractivity contribution in [3.63, 3.8) is 0 Å². The molecule has 0 aliphatic heterocycles. The minimum absolute atomic E-state index is 0.0112. The summed E-state index contributed by atoms with van der Waals surface area (Å²) in [5.41, 5.74) is 3.13. The standard InChI is InChI=1S/C23H23NO3/c1-15-10-19(25)13-21(15)17-4-3-5-20(12-17)27-14-16-6-8-22-18(11-16)7-9-23(26)24(22)2/h3-9,11-12,15,21H,10,13-14H2,1-2H3. The van der Waals surface area contributed by atoms with Crippen LogP contribution in [0.1, 0.15) is 36.8 Å².